The molecule has 4 rings (SSSR count). The molecule has 1 saturated heterocycles. The van der Waals surface area contributed by atoms with Crippen molar-refractivity contribution in [2.45, 2.75) is 58.5 Å². The molecule has 0 unspecified atom stereocenters. The number of rotatable bonds is 6. The zero-order valence-electron chi connectivity index (χ0n) is 22.2. The quantitative estimate of drug-likeness (QED) is 0.405. The minimum Gasteiger partial charge on any atom is -0.497 e. The average molecular weight is 529 g/mol. The maximum atomic E-state index is 13.1. The van der Waals surface area contributed by atoms with Crippen molar-refractivity contribution in [1.82, 2.24) is 19.7 Å². The SMILES string of the molecule is COc1ccc(Cn2cnc(-c3cc([C@H]4COC(C)(C)N4C(=O)OC(C)(C)C)ccc3Cl)n2)c(OC)c1. The normalized spacial score (nSPS) is 17.1. The molecule has 0 spiro atoms. The largest absolute Gasteiger partial charge is 0.497 e. The third kappa shape index (κ3) is 5.83. The molecule has 10 heteroatoms. The van der Waals surface area contributed by atoms with Crippen LogP contribution in [0.4, 0.5) is 4.79 Å². The van der Waals surface area contributed by atoms with Crippen molar-refractivity contribution in [3.8, 4) is 22.9 Å². The number of aromatic nitrogens is 3. The highest BCUT2D eigenvalue weighted by molar-refractivity contribution is 6.33. The summed E-state index contributed by atoms with van der Waals surface area (Å²) in [6.45, 7) is 10.0. The zero-order valence-corrected chi connectivity index (χ0v) is 23.0. The van der Waals surface area contributed by atoms with E-state index in [1.165, 1.54) is 0 Å². The Balaban J connectivity index is 1.61. The molecule has 1 aromatic heterocycles. The van der Waals surface area contributed by atoms with Crippen molar-refractivity contribution >= 4 is 17.7 Å². The van der Waals surface area contributed by atoms with Crippen LogP contribution in [0.1, 0.15) is 51.8 Å². The van der Waals surface area contributed by atoms with Crippen LogP contribution in [0.15, 0.2) is 42.7 Å². The predicted octanol–water partition coefficient (Wildman–Crippen LogP) is 5.71. The first-order valence-electron chi connectivity index (χ1n) is 12.0. The molecule has 0 radical (unpaired) electrons. The first kappa shape index (κ1) is 26.8. The van der Waals surface area contributed by atoms with Gasteiger partial charge in [0.15, 0.2) is 5.82 Å². The van der Waals surface area contributed by atoms with Gasteiger partial charge in [0.05, 0.1) is 38.4 Å². The van der Waals surface area contributed by atoms with Crippen LogP contribution in [0.2, 0.25) is 5.02 Å². The molecule has 37 heavy (non-hydrogen) atoms. The molecule has 1 atom stereocenters. The topological polar surface area (TPSA) is 87.9 Å². The second-order valence-electron chi connectivity index (χ2n) is 10.3. The molecule has 1 aliphatic rings. The van der Waals surface area contributed by atoms with Gasteiger partial charge in [0.25, 0.3) is 0 Å². The number of benzene rings is 2. The van der Waals surface area contributed by atoms with Gasteiger partial charge >= 0.3 is 6.09 Å². The molecule has 0 saturated carbocycles. The van der Waals surface area contributed by atoms with Crippen LogP contribution in [0.3, 0.4) is 0 Å². The Bertz CT molecular complexity index is 1280. The number of ether oxygens (including phenoxy) is 4. The van der Waals surface area contributed by atoms with Crippen LogP contribution >= 0.6 is 11.6 Å². The van der Waals surface area contributed by atoms with Crippen LogP contribution in [0.5, 0.6) is 11.5 Å². The van der Waals surface area contributed by atoms with Crippen LogP contribution < -0.4 is 9.47 Å². The minimum absolute atomic E-state index is 0.326. The average Bonchev–Trinajstić information content (AvgIpc) is 3.42. The standard InChI is InChI=1S/C27H33ClN4O5/c1-26(2,3)37-25(33)32-22(15-36-27(32,4)5)17-9-11-21(28)20(12-17)24-29-16-31(30-24)14-18-8-10-19(34-6)13-23(18)35-7/h8-13,16,22H,14-15H2,1-7H3/t22-/m1/s1. The number of halogens is 1. The van der Waals surface area contributed by atoms with Gasteiger partial charge in [-0.25, -0.2) is 14.5 Å². The maximum Gasteiger partial charge on any atom is 0.413 e. The van der Waals surface area contributed by atoms with Gasteiger partial charge in [-0.1, -0.05) is 17.7 Å². The van der Waals surface area contributed by atoms with Crippen molar-refractivity contribution in [2.75, 3.05) is 20.8 Å². The lowest BCUT2D eigenvalue weighted by Gasteiger charge is -2.35. The summed E-state index contributed by atoms with van der Waals surface area (Å²) in [4.78, 5) is 19.2. The Hall–Kier alpha value is -3.30. The van der Waals surface area contributed by atoms with Gasteiger partial charge in [0.1, 0.15) is 29.2 Å². The van der Waals surface area contributed by atoms with Crippen molar-refractivity contribution in [3.63, 3.8) is 0 Å². The molecule has 1 fully saturated rings. The molecule has 2 aromatic carbocycles. The van der Waals surface area contributed by atoms with E-state index >= 15 is 0 Å². The summed E-state index contributed by atoms with van der Waals surface area (Å²) in [6.07, 6.45) is 1.21. The fraction of sp³-hybridized carbons (Fsp3) is 0.444. The lowest BCUT2D eigenvalue weighted by atomic mass is 10.0. The number of amides is 1. The zero-order chi connectivity index (χ0) is 27.0. The lowest BCUT2D eigenvalue weighted by molar-refractivity contribution is -0.0626. The highest BCUT2D eigenvalue weighted by atomic mass is 35.5. The summed E-state index contributed by atoms with van der Waals surface area (Å²) >= 11 is 6.57. The van der Waals surface area contributed by atoms with E-state index in [4.69, 9.17) is 30.5 Å². The summed E-state index contributed by atoms with van der Waals surface area (Å²) in [5.74, 6) is 1.88. The highest BCUT2D eigenvalue weighted by Crippen LogP contribution is 2.40. The number of methoxy groups -OCH3 is 2. The van der Waals surface area contributed by atoms with E-state index < -0.39 is 17.4 Å². The molecule has 2 heterocycles. The summed E-state index contributed by atoms with van der Waals surface area (Å²) in [7, 11) is 3.23. The number of carbonyl (C=O) groups is 1. The number of hydrogen-bond acceptors (Lipinski definition) is 7. The van der Waals surface area contributed by atoms with E-state index in [1.54, 1.807) is 36.2 Å². The molecule has 1 aliphatic heterocycles. The molecule has 0 N–H and O–H groups in total. The van der Waals surface area contributed by atoms with Gasteiger partial charge in [-0.05, 0) is 64.4 Å². The van der Waals surface area contributed by atoms with Crippen molar-refractivity contribution < 1.29 is 23.7 Å². The fourth-order valence-corrected chi connectivity index (χ4v) is 4.48. The number of nitrogens with zero attached hydrogens (tertiary/aromatic N) is 4. The van der Waals surface area contributed by atoms with E-state index in [2.05, 4.69) is 10.1 Å². The lowest BCUT2D eigenvalue weighted by Crippen LogP contribution is -2.47. The molecular weight excluding hydrogens is 496 g/mol. The Morgan fingerprint density at radius 3 is 2.59 bits per heavy atom. The van der Waals surface area contributed by atoms with Crippen LogP contribution in [0.25, 0.3) is 11.4 Å². The minimum atomic E-state index is -0.829. The molecular formula is C27H33ClN4O5. The monoisotopic (exact) mass is 528 g/mol. The maximum absolute atomic E-state index is 13.1. The second-order valence-corrected chi connectivity index (χ2v) is 10.7. The van der Waals surface area contributed by atoms with E-state index in [1.807, 2.05) is 65.0 Å². The van der Waals surface area contributed by atoms with Crippen LogP contribution in [-0.4, -0.2) is 57.9 Å². The van der Waals surface area contributed by atoms with Gasteiger partial charge in [-0.3, -0.25) is 4.90 Å². The molecule has 1 amide bonds. The van der Waals surface area contributed by atoms with Gasteiger partial charge < -0.3 is 18.9 Å². The molecule has 0 bridgehead atoms. The van der Waals surface area contributed by atoms with Crippen molar-refractivity contribution in [3.05, 3.63) is 58.9 Å². The van der Waals surface area contributed by atoms with Crippen LogP contribution in [-0.2, 0) is 16.0 Å². The van der Waals surface area contributed by atoms with E-state index in [9.17, 15) is 4.79 Å². The molecule has 198 valence electrons. The second kappa shape index (κ2) is 10.2. The molecule has 3 aromatic rings. The highest BCUT2D eigenvalue weighted by Gasteiger charge is 2.46. The van der Waals surface area contributed by atoms with E-state index in [-0.39, 0.29) is 6.04 Å². The number of hydrogen-bond donors (Lipinski definition) is 0. The van der Waals surface area contributed by atoms with Gasteiger partial charge in [0.2, 0.25) is 0 Å². The van der Waals surface area contributed by atoms with Crippen molar-refractivity contribution in [2.24, 2.45) is 0 Å². The third-order valence-electron chi connectivity index (χ3n) is 6.06. The first-order chi connectivity index (χ1) is 17.4. The third-order valence-corrected chi connectivity index (χ3v) is 6.39. The fourth-order valence-electron chi connectivity index (χ4n) is 4.28. The summed E-state index contributed by atoms with van der Waals surface area (Å²) in [5.41, 5.74) is 0.981. The Labute approximate surface area is 222 Å². The molecule has 0 aliphatic carbocycles. The number of carbonyl (C=O) groups excluding carboxylic acids is 1. The van der Waals surface area contributed by atoms with Crippen molar-refractivity contribution in [1.29, 1.82) is 0 Å². The van der Waals surface area contributed by atoms with Gasteiger partial charge in [-0.2, -0.15) is 5.10 Å². The first-order valence-corrected chi connectivity index (χ1v) is 12.4. The van der Waals surface area contributed by atoms with E-state index in [0.29, 0.717) is 41.1 Å². The van der Waals surface area contributed by atoms with Crippen LogP contribution in [0, 0.1) is 0 Å². The predicted molar refractivity (Wildman–Crippen MR) is 140 cm³/mol. The Morgan fingerprint density at radius 2 is 1.92 bits per heavy atom. The summed E-state index contributed by atoms with van der Waals surface area (Å²) in [6, 6.07) is 10.9. The summed E-state index contributed by atoms with van der Waals surface area (Å²) in [5, 5.41) is 5.16. The van der Waals surface area contributed by atoms with E-state index in [0.717, 1.165) is 11.1 Å². The Morgan fingerprint density at radius 1 is 1.16 bits per heavy atom. The molecule has 9 nitrogen and oxygen atoms in total. The van der Waals surface area contributed by atoms with Gasteiger partial charge in [0, 0.05) is 17.2 Å². The Kier molecular flexibility index (Phi) is 7.39. The van der Waals surface area contributed by atoms with Gasteiger partial charge in [-0.15, -0.1) is 0 Å². The smallest absolute Gasteiger partial charge is 0.413 e. The summed E-state index contributed by atoms with van der Waals surface area (Å²) < 4.78 is 24.2.